The first kappa shape index (κ1) is 37.0. The molecule has 0 bridgehead atoms. The van der Waals surface area contributed by atoms with Gasteiger partial charge in [0.2, 0.25) is 0 Å². The van der Waals surface area contributed by atoms with E-state index in [0.717, 1.165) is 17.1 Å². The summed E-state index contributed by atoms with van der Waals surface area (Å²) in [5.74, 6) is 0. The highest BCUT2D eigenvalue weighted by atomic mass is 32.1. The van der Waals surface area contributed by atoms with Gasteiger partial charge >= 0.3 is 0 Å². The van der Waals surface area contributed by atoms with Crippen LogP contribution in [0.2, 0.25) is 0 Å². The van der Waals surface area contributed by atoms with Crippen LogP contribution >= 0.6 is 11.3 Å². The second-order valence-electron chi connectivity index (χ2n) is 18.3. The molecule has 1 spiro atoms. The van der Waals surface area contributed by atoms with E-state index in [1.807, 2.05) is 11.3 Å². The summed E-state index contributed by atoms with van der Waals surface area (Å²) in [5.41, 5.74) is 16.0. The van der Waals surface area contributed by atoms with Crippen LogP contribution in [0, 0.1) is 0 Å². The maximum atomic E-state index is 2.51. The second-order valence-corrected chi connectivity index (χ2v) is 19.3. The summed E-state index contributed by atoms with van der Waals surface area (Å²) in [6.07, 6.45) is 0. The third-order valence-electron chi connectivity index (χ3n) is 15.0. The summed E-state index contributed by atoms with van der Waals surface area (Å²) in [5, 5.41) is 12.9. The van der Waals surface area contributed by atoms with Crippen LogP contribution in [-0.4, -0.2) is 0 Å². The number of thiophene rings is 1. The summed E-state index contributed by atoms with van der Waals surface area (Å²) in [4.78, 5) is 2.49. The minimum Gasteiger partial charge on any atom is -0.310 e. The Kier molecular flexibility index (Phi) is 7.65. The molecule has 0 saturated carbocycles. The topological polar surface area (TPSA) is 3.24 Å². The highest BCUT2D eigenvalue weighted by Gasteiger charge is 2.51. The van der Waals surface area contributed by atoms with E-state index in [0.29, 0.717) is 0 Å². The Bertz CT molecular complexity index is 4130. The Labute approximate surface area is 392 Å². The molecule has 1 aromatic heterocycles. The van der Waals surface area contributed by atoms with Crippen molar-refractivity contribution in [2.24, 2.45) is 0 Å². The SMILES string of the molecule is c1ccc2c(c1)-c1ccccc1C21c2ccccc2-c2ccc(N(c3ccc(-c4cccc5sc6c7ccccc7ccc6c45)cc3)c3ccc4c5ccccc5c5ccccc5c4c3)cc21. The Balaban J connectivity index is 0.967. The molecule has 0 radical (unpaired) electrons. The molecule has 0 aliphatic heterocycles. The smallest absolute Gasteiger partial charge is 0.0726 e. The van der Waals surface area contributed by atoms with Gasteiger partial charge in [-0.1, -0.05) is 194 Å². The molecule has 2 aliphatic rings. The molecule has 1 nitrogen and oxygen atoms in total. The number of nitrogens with zero attached hydrogens (tertiary/aromatic N) is 1. The quantitative estimate of drug-likeness (QED) is 0.159. The van der Waals surface area contributed by atoms with Crippen LogP contribution in [0.4, 0.5) is 17.1 Å². The molecule has 0 amide bonds. The Morgan fingerprint density at radius 3 is 1.43 bits per heavy atom. The van der Waals surface area contributed by atoms with E-state index in [1.165, 1.54) is 119 Å². The first-order valence-corrected chi connectivity index (χ1v) is 24.1. The minimum atomic E-state index is -0.448. The van der Waals surface area contributed by atoms with Gasteiger partial charge in [-0.15, -0.1) is 11.3 Å². The van der Waals surface area contributed by atoms with Crippen molar-refractivity contribution in [3.8, 4) is 33.4 Å². The van der Waals surface area contributed by atoms with Crippen LogP contribution in [0.1, 0.15) is 22.3 Å². The Hall–Kier alpha value is -8.30. The third-order valence-corrected chi connectivity index (χ3v) is 16.3. The molecule has 67 heavy (non-hydrogen) atoms. The zero-order valence-electron chi connectivity index (χ0n) is 36.4. The molecule has 1 heterocycles. The van der Waals surface area contributed by atoms with E-state index in [1.54, 1.807) is 0 Å². The van der Waals surface area contributed by atoms with E-state index in [-0.39, 0.29) is 0 Å². The van der Waals surface area contributed by atoms with Crippen molar-refractivity contribution in [1.29, 1.82) is 0 Å². The van der Waals surface area contributed by atoms with Crippen LogP contribution in [0.15, 0.2) is 237 Å². The summed E-state index contributed by atoms with van der Waals surface area (Å²) >= 11 is 1.90. The average molecular weight is 866 g/mol. The predicted molar refractivity (Wildman–Crippen MR) is 286 cm³/mol. The largest absolute Gasteiger partial charge is 0.310 e. The lowest BCUT2D eigenvalue weighted by Crippen LogP contribution is -2.26. The van der Waals surface area contributed by atoms with Gasteiger partial charge in [-0.05, 0) is 141 Å². The normalized spacial score (nSPS) is 13.2. The fourth-order valence-corrected chi connectivity index (χ4v) is 13.6. The standard InChI is InChI=1S/C65H39NS/c1-2-15-46-40(14-1)30-35-56-63-45(23-13-27-62(63)67-64(46)56)41-28-31-42(32-29-41)66(43-33-36-51-49-18-4-3-16-47(49)48-17-5-6-19-50(48)57(51)38-43)44-34-37-55-54-22-9-12-26-60(54)65(61(55)39-44)58-24-10-7-20-52(58)53-21-8-11-25-59(53)65/h1-39H. The van der Waals surface area contributed by atoms with Gasteiger partial charge in [0.25, 0.3) is 0 Å². The summed E-state index contributed by atoms with van der Waals surface area (Å²) in [7, 11) is 0. The molecule has 0 N–H and O–H groups in total. The van der Waals surface area contributed by atoms with Gasteiger partial charge in [-0.2, -0.15) is 0 Å². The van der Waals surface area contributed by atoms with Crippen LogP contribution in [0.5, 0.6) is 0 Å². The maximum Gasteiger partial charge on any atom is 0.0726 e. The monoisotopic (exact) mass is 865 g/mol. The lowest BCUT2D eigenvalue weighted by molar-refractivity contribution is 0.793. The van der Waals surface area contributed by atoms with Crippen molar-refractivity contribution in [3.63, 3.8) is 0 Å². The summed E-state index contributed by atoms with van der Waals surface area (Å²) in [6, 6.07) is 88.9. The molecule has 15 rings (SSSR count). The molecule has 12 aromatic carbocycles. The molecule has 2 heteroatoms. The first-order valence-electron chi connectivity index (χ1n) is 23.2. The fraction of sp³-hybridized carbons (Fsp3) is 0.0154. The van der Waals surface area contributed by atoms with Gasteiger partial charge in [0.15, 0.2) is 0 Å². The predicted octanol–water partition coefficient (Wildman–Crippen LogP) is 18.1. The number of anilines is 3. The highest BCUT2D eigenvalue weighted by Crippen LogP contribution is 2.63. The zero-order valence-corrected chi connectivity index (χ0v) is 37.2. The number of hydrogen-bond acceptors (Lipinski definition) is 2. The molecule has 0 unspecified atom stereocenters. The molecular formula is C65H39NS. The number of fused-ring (bicyclic) bond motifs is 21. The molecule has 2 aliphatic carbocycles. The van der Waals surface area contributed by atoms with Gasteiger partial charge in [-0.3, -0.25) is 0 Å². The molecular weight excluding hydrogens is 827 g/mol. The van der Waals surface area contributed by atoms with Crippen molar-refractivity contribution in [2.45, 2.75) is 5.41 Å². The molecule has 0 fully saturated rings. The van der Waals surface area contributed by atoms with Gasteiger partial charge < -0.3 is 4.90 Å². The second kappa shape index (κ2) is 13.9. The lowest BCUT2D eigenvalue weighted by Gasteiger charge is -2.32. The zero-order chi connectivity index (χ0) is 43.8. The summed E-state index contributed by atoms with van der Waals surface area (Å²) in [6.45, 7) is 0. The molecule has 13 aromatic rings. The van der Waals surface area contributed by atoms with Crippen molar-refractivity contribution >= 4 is 91.7 Å². The van der Waals surface area contributed by atoms with Gasteiger partial charge in [-0.25, -0.2) is 0 Å². The van der Waals surface area contributed by atoms with Crippen molar-refractivity contribution in [1.82, 2.24) is 0 Å². The third kappa shape index (κ3) is 5.03. The van der Waals surface area contributed by atoms with Crippen molar-refractivity contribution in [2.75, 3.05) is 4.90 Å². The summed E-state index contributed by atoms with van der Waals surface area (Å²) < 4.78 is 2.66. The number of rotatable bonds is 4. The first-order chi connectivity index (χ1) is 33.2. The maximum absolute atomic E-state index is 2.51. The van der Waals surface area contributed by atoms with E-state index < -0.39 is 5.41 Å². The Morgan fingerprint density at radius 1 is 0.299 bits per heavy atom. The van der Waals surface area contributed by atoms with Gasteiger partial charge in [0.05, 0.1) is 5.41 Å². The van der Waals surface area contributed by atoms with Crippen molar-refractivity contribution < 1.29 is 0 Å². The lowest BCUT2D eigenvalue weighted by atomic mass is 9.70. The van der Waals surface area contributed by atoms with E-state index in [4.69, 9.17) is 0 Å². The number of hydrogen-bond donors (Lipinski definition) is 0. The number of benzene rings is 12. The molecule has 310 valence electrons. The average Bonchev–Trinajstić information content (AvgIpc) is 4.04. The fourth-order valence-electron chi connectivity index (χ4n) is 12.3. The van der Waals surface area contributed by atoms with E-state index >= 15 is 0 Å². The van der Waals surface area contributed by atoms with E-state index in [2.05, 4.69) is 241 Å². The van der Waals surface area contributed by atoms with Crippen LogP contribution in [0.3, 0.4) is 0 Å². The van der Waals surface area contributed by atoms with Gasteiger partial charge in [0, 0.05) is 37.2 Å². The highest BCUT2D eigenvalue weighted by molar-refractivity contribution is 7.26. The molecule has 0 atom stereocenters. The van der Waals surface area contributed by atoms with Crippen molar-refractivity contribution in [3.05, 3.63) is 259 Å². The van der Waals surface area contributed by atoms with E-state index in [9.17, 15) is 0 Å². The molecule has 0 saturated heterocycles. The van der Waals surface area contributed by atoms with Crippen LogP contribution in [-0.2, 0) is 5.41 Å². The minimum absolute atomic E-state index is 0.448. The van der Waals surface area contributed by atoms with Gasteiger partial charge in [0.1, 0.15) is 0 Å². The Morgan fingerprint density at radius 2 is 0.776 bits per heavy atom. The van der Waals surface area contributed by atoms with Crippen LogP contribution < -0.4 is 4.90 Å². The van der Waals surface area contributed by atoms with Crippen LogP contribution in [0.25, 0.3) is 96.6 Å².